The Bertz CT molecular complexity index is 728. The Kier molecular flexibility index (Phi) is 5.40. The minimum atomic E-state index is -0.472. The third kappa shape index (κ3) is 4.02. The Morgan fingerprint density at radius 1 is 1.32 bits per heavy atom. The second-order valence-electron chi connectivity index (χ2n) is 6.73. The van der Waals surface area contributed by atoms with Crippen molar-refractivity contribution in [2.24, 2.45) is 0 Å². The molecule has 0 saturated carbocycles. The highest BCUT2D eigenvalue weighted by Crippen LogP contribution is 2.34. The van der Waals surface area contributed by atoms with Gasteiger partial charge in [-0.15, -0.1) is 0 Å². The maximum atomic E-state index is 12.5. The maximum Gasteiger partial charge on any atom is 0.317 e. The number of carbonyl (C=O) groups is 1. The van der Waals surface area contributed by atoms with E-state index in [2.05, 4.69) is 28.2 Å². The zero-order chi connectivity index (χ0) is 17.7. The quantitative estimate of drug-likeness (QED) is 0.905. The number of hydrogen-bond acceptors (Lipinski definition) is 3. The van der Waals surface area contributed by atoms with Crippen molar-refractivity contribution >= 4 is 17.4 Å². The van der Waals surface area contributed by atoms with E-state index in [1.807, 2.05) is 42.2 Å². The van der Waals surface area contributed by atoms with Crippen molar-refractivity contribution in [3.63, 3.8) is 0 Å². The monoisotopic (exact) mass is 353 g/mol. The van der Waals surface area contributed by atoms with Crippen LogP contribution < -0.4 is 5.32 Å². The van der Waals surface area contributed by atoms with Crippen molar-refractivity contribution in [2.75, 3.05) is 13.1 Å². The van der Waals surface area contributed by atoms with Crippen LogP contribution in [0.1, 0.15) is 30.9 Å². The van der Waals surface area contributed by atoms with Crippen LogP contribution in [0.25, 0.3) is 0 Å². The summed E-state index contributed by atoms with van der Waals surface area (Å²) in [6.45, 7) is 3.25. The number of thiophene rings is 1. The van der Waals surface area contributed by atoms with Gasteiger partial charge in [0, 0.05) is 19.1 Å². The van der Waals surface area contributed by atoms with Gasteiger partial charge in [0.2, 0.25) is 0 Å². The molecule has 2 heterocycles. The molecule has 1 fully saturated rings. The van der Waals surface area contributed by atoms with Crippen molar-refractivity contribution in [3.05, 3.63) is 58.3 Å². The summed E-state index contributed by atoms with van der Waals surface area (Å²) in [5, 5.41) is 17.0. The number of nitriles is 1. The molecule has 0 aliphatic carbocycles. The normalized spacial score (nSPS) is 17.5. The number of amides is 2. The number of rotatable bonds is 4. The van der Waals surface area contributed by atoms with Crippen molar-refractivity contribution in [3.8, 4) is 6.07 Å². The number of urea groups is 1. The van der Waals surface area contributed by atoms with Crippen LogP contribution in [0.3, 0.4) is 0 Å². The van der Waals surface area contributed by atoms with Crippen LogP contribution in [0.2, 0.25) is 0 Å². The number of piperidine rings is 1. The molecule has 1 aliphatic rings. The van der Waals surface area contributed by atoms with Crippen molar-refractivity contribution in [1.82, 2.24) is 10.2 Å². The number of nitrogens with one attached hydrogen (secondary N) is 1. The molecule has 3 rings (SSSR count). The maximum absolute atomic E-state index is 12.5. The minimum absolute atomic E-state index is 0.0256. The molecule has 0 bridgehead atoms. The first-order chi connectivity index (χ1) is 12.1. The lowest BCUT2D eigenvalue weighted by Crippen LogP contribution is -2.50. The molecular formula is C20H23N3OS. The molecule has 1 N–H and O–H groups in total. The third-order valence-corrected chi connectivity index (χ3v) is 5.67. The molecule has 4 nitrogen and oxygen atoms in total. The van der Waals surface area contributed by atoms with Gasteiger partial charge in [-0.05, 0) is 54.1 Å². The second kappa shape index (κ2) is 7.71. The number of carbonyl (C=O) groups excluding carboxylic acids is 1. The molecule has 0 unspecified atom stereocenters. The van der Waals surface area contributed by atoms with E-state index < -0.39 is 5.41 Å². The minimum Gasteiger partial charge on any atom is -0.335 e. The van der Waals surface area contributed by atoms with Crippen LogP contribution in [0.15, 0.2) is 47.2 Å². The molecule has 1 atom stereocenters. The first-order valence-corrected chi connectivity index (χ1v) is 9.60. The van der Waals surface area contributed by atoms with Gasteiger partial charge in [0.15, 0.2) is 0 Å². The predicted octanol–water partition coefficient (Wildman–Crippen LogP) is 3.95. The van der Waals surface area contributed by atoms with Crippen LogP contribution in [0.4, 0.5) is 4.79 Å². The first kappa shape index (κ1) is 17.5. The molecule has 2 aromatic rings. The molecule has 0 spiro atoms. The zero-order valence-corrected chi connectivity index (χ0v) is 15.3. The third-order valence-electron chi connectivity index (χ3n) is 4.94. The van der Waals surface area contributed by atoms with Gasteiger partial charge in [0.25, 0.3) is 0 Å². The van der Waals surface area contributed by atoms with Crippen molar-refractivity contribution in [1.29, 1.82) is 5.26 Å². The zero-order valence-electron chi connectivity index (χ0n) is 14.4. The predicted molar refractivity (Wildman–Crippen MR) is 101 cm³/mol. The summed E-state index contributed by atoms with van der Waals surface area (Å²) in [6.07, 6.45) is 2.20. The van der Waals surface area contributed by atoms with Gasteiger partial charge in [-0.2, -0.15) is 16.6 Å². The van der Waals surface area contributed by atoms with Gasteiger partial charge in [0.05, 0.1) is 11.5 Å². The molecule has 130 valence electrons. The van der Waals surface area contributed by atoms with Crippen LogP contribution >= 0.6 is 11.3 Å². The van der Waals surface area contributed by atoms with E-state index in [4.69, 9.17) is 0 Å². The summed E-state index contributed by atoms with van der Waals surface area (Å²) >= 11 is 1.67. The van der Waals surface area contributed by atoms with E-state index >= 15 is 0 Å². The van der Waals surface area contributed by atoms with E-state index in [1.165, 1.54) is 5.56 Å². The summed E-state index contributed by atoms with van der Waals surface area (Å²) in [7, 11) is 0. The number of likely N-dealkylation sites (tertiary alicyclic amines) is 1. The lowest BCUT2D eigenvalue weighted by molar-refractivity contribution is 0.168. The Balaban J connectivity index is 1.56. The average Bonchev–Trinajstić information content (AvgIpc) is 3.15. The van der Waals surface area contributed by atoms with E-state index in [0.717, 1.165) is 12.0 Å². The van der Waals surface area contributed by atoms with Crippen LogP contribution in [-0.4, -0.2) is 30.1 Å². The summed E-state index contributed by atoms with van der Waals surface area (Å²) in [6, 6.07) is 14.6. The van der Waals surface area contributed by atoms with E-state index in [-0.39, 0.29) is 12.1 Å². The van der Waals surface area contributed by atoms with Crippen LogP contribution in [0, 0.1) is 11.3 Å². The fraction of sp³-hybridized carbons (Fsp3) is 0.400. The van der Waals surface area contributed by atoms with E-state index in [0.29, 0.717) is 25.9 Å². The largest absolute Gasteiger partial charge is 0.335 e. The van der Waals surface area contributed by atoms with Crippen LogP contribution in [-0.2, 0) is 11.8 Å². The fourth-order valence-corrected chi connectivity index (χ4v) is 4.11. The van der Waals surface area contributed by atoms with E-state index in [1.54, 1.807) is 11.3 Å². The number of nitrogens with zero attached hydrogens (tertiary/aromatic N) is 2. The second-order valence-corrected chi connectivity index (χ2v) is 7.51. The summed E-state index contributed by atoms with van der Waals surface area (Å²) in [5.74, 6) is 0. The summed E-state index contributed by atoms with van der Waals surface area (Å²) in [5.41, 5.74) is 1.84. The van der Waals surface area contributed by atoms with Gasteiger partial charge in [-0.3, -0.25) is 0 Å². The SMILES string of the molecule is C[C@@H](Cc1ccsc1)NC(=O)N1CCC(C#N)(c2ccccc2)CC1. The lowest BCUT2D eigenvalue weighted by atomic mass is 9.74. The Morgan fingerprint density at radius 3 is 2.64 bits per heavy atom. The lowest BCUT2D eigenvalue weighted by Gasteiger charge is -2.38. The first-order valence-electron chi connectivity index (χ1n) is 8.66. The highest BCUT2D eigenvalue weighted by atomic mass is 32.1. The van der Waals surface area contributed by atoms with Crippen molar-refractivity contribution in [2.45, 2.75) is 37.6 Å². The molecule has 25 heavy (non-hydrogen) atoms. The molecular weight excluding hydrogens is 330 g/mol. The molecule has 1 aromatic heterocycles. The van der Waals surface area contributed by atoms with Gasteiger partial charge in [-0.25, -0.2) is 4.79 Å². The summed E-state index contributed by atoms with van der Waals surface area (Å²) in [4.78, 5) is 14.3. The molecule has 1 aliphatic heterocycles. The molecule has 5 heteroatoms. The number of hydrogen-bond donors (Lipinski definition) is 1. The topological polar surface area (TPSA) is 56.1 Å². The Labute approximate surface area is 153 Å². The van der Waals surface area contributed by atoms with Crippen LogP contribution in [0.5, 0.6) is 0 Å². The molecule has 0 radical (unpaired) electrons. The number of benzene rings is 1. The molecule has 1 saturated heterocycles. The van der Waals surface area contributed by atoms with E-state index in [9.17, 15) is 10.1 Å². The molecule has 2 amide bonds. The van der Waals surface area contributed by atoms with Gasteiger partial charge >= 0.3 is 6.03 Å². The Morgan fingerprint density at radius 2 is 2.04 bits per heavy atom. The van der Waals surface area contributed by atoms with Gasteiger partial charge < -0.3 is 10.2 Å². The summed E-state index contributed by atoms with van der Waals surface area (Å²) < 4.78 is 0. The Hall–Kier alpha value is -2.32. The van der Waals surface area contributed by atoms with Gasteiger partial charge in [-0.1, -0.05) is 30.3 Å². The highest BCUT2D eigenvalue weighted by molar-refractivity contribution is 7.07. The highest BCUT2D eigenvalue weighted by Gasteiger charge is 2.37. The standard InChI is InChI=1S/C20H23N3OS/c1-16(13-17-7-12-25-14-17)22-19(24)23-10-8-20(15-21,9-11-23)18-5-3-2-4-6-18/h2-7,12,14,16H,8-11,13H2,1H3,(H,22,24)/t16-/m0/s1. The van der Waals surface area contributed by atoms with Gasteiger partial charge in [0.1, 0.15) is 0 Å². The smallest absolute Gasteiger partial charge is 0.317 e. The average molecular weight is 353 g/mol. The molecule has 1 aromatic carbocycles. The van der Waals surface area contributed by atoms with Crippen molar-refractivity contribution < 1.29 is 4.79 Å². The fourth-order valence-electron chi connectivity index (χ4n) is 3.43.